The number of carboxylic acids is 1. The number of anilines is 1. The van der Waals surface area contributed by atoms with Gasteiger partial charge in [0.1, 0.15) is 6.04 Å². The van der Waals surface area contributed by atoms with Crippen LogP contribution in [0.1, 0.15) is 73.5 Å². The molecular weight excluding hydrogens is 561 g/mol. The highest BCUT2D eigenvalue weighted by Crippen LogP contribution is 2.41. The van der Waals surface area contributed by atoms with E-state index in [4.69, 9.17) is 0 Å². The number of amides is 1. The van der Waals surface area contributed by atoms with Crippen LogP contribution in [0, 0.1) is 12.8 Å². The highest BCUT2D eigenvalue weighted by atomic mass is 32.1. The van der Waals surface area contributed by atoms with E-state index in [1.807, 2.05) is 79.9 Å². The molecule has 1 amide bonds. The molecule has 1 saturated carbocycles. The predicted molar refractivity (Wildman–Crippen MR) is 166 cm³/mol. The largest absolute Gasteiger partial charge is 0.478 e. The van der Waals surface area contributed by atoms with Crippen molar-refractivity contribution >= 4 is 42.0 Å². The van der Waals surface area contributed by atoms with Crippen molar-refractivity contribution in [2.45, 2.75) is 65.1 Å². The Hall–Kier alpha value is -3.72. The van der Waals surface area contributed by atoms with Gasteiger partial charge in [-0.3, -0.25) is 4.79 Å². The van der Waals surface area contributed by atoms with Crippen molar-refractivity contribution < 1.29 is 27.9 Å². The first-order valence-electron chi connectivity index (χ1n) is 14.1. The lowest BCUT2D eigenvalue weighted by Gasteiger charge is -2.32. The summed E-state index contributed by atoms with van der Waals surface area (Å²) in [4.78, 5) is 25.4. The molecular formula is C33H37F3N2O3S. The number of carboxylic acid groups (broad SMARTS) is 1. The molecule has 1 fully saturated rings. The molecule has 1 heterocycles. The predicted octanol–water partition coefficient (Wildman–Crippen LogP) is 9.23. The van der Waals surface area contributed by atoms with Crippen LogP contribution in [0.5, 0.6) is 0 Å². The molecule has 4 aromatic rings. The number of alkyl halides is 3. The molecule has 5 rings (SSSR count). The minimum absolute atomic E-state index is 0. The van der Waals surface area contributed by atoms with Gasteiger partial charge < -0.3 is 15.0 Å². The average molecular weight is 599 g/mol. The number of carbonyl (C=O) groups is 2. The average Bonchev–Trinajstić information content (AvgIpc) is 3.34. The van der Waals surface area contributed by atoms with E-state index in [-0.39, 0.29) is 19.4 Å². The Morgan fingerprint density at radius 1 is 0.929 bits per heavy atom. The monoisotopic (exact) mass is 598 g/mol. The number of nitrogens with zero attached hydrogens (tertiary/aromatic N) is 1. The fourth-order valence-electron chi connectivity index (χ4n) is 5.64. The lowest BCUT2D eigenvalue weighted by molar-refractivity contribution is -0.137. The van der Waals surface area contributed by atoms with Gasteiger partial charge in [0.2, 0.25) is 5.91 Å². The van der Waals surface area contributed by atoms with Gasteiger partial charge in [-0.15, -0.1) is 0 Å². The van der Waals surface area contributed by atoms with E-state index in [2.05, 4.69) is 5.32 Å². The van der Waals surface area contributed by atoms with E-state index in [0.717, 1.165) is 72.0 Å². The highest BCUT2D eigenvalue weighted by Gasteiger charge is 2.38. The lowest BCUT2D eigenvalue weighted by Crippen LogP contribution is -2.34. The number of carbonyl (C=O) groups excluding carboxylic acids is 1. The van der Waals surface area contributed by atoms with Gasteiger partial charge >= 0.3 is 12.1 Å². The molecule has 3 aromatic carbocycles. The molecule has 0 bridgehead atoms. The zero-order chi connectivity index (χ0) is 29.7. The number of rotatable bonds is 6. The van der Waals surface area contributed by atoms with Crippen LogP contribution in [0.4, 0.5) is 18.9 Å². The minimum atomic E-state index is -4.85. The third kappa shape index (κ3) is 7.01. The molecule has 0 aliphatic heterocycles. The molecule has 0 saturated heterocycles. The van der Waals surface area contributed by atoms with Crippen LogP contribution in [0.3, 0.4) is 0 Å². The van der Waals surface area contributed by atoms with Gasteiger partial charge in [0.25, 0.3) is 0 Å². The summed E-state index contributed by atoms with van der Waals surface area (Å²) in [7, 11) is 0. The van der Waals surface area contributed by atoms with Crippen LogP contribution in [0.2, 0.25) is 0 Å². The van der Waals surface area contributed by atoms with Crippen molar-refractivity contribution in [2.75, 3.05) is 5.32 Å². The number of hydrogen-bond acceptors (Lipinski definition) is 2. The Morgan fingerprint density at radius 2 is 1.57 bits per heavy atom. The first-order chi connectivity index (χ1) is 19.6. The number of aryl methyl sites for hydroxylation is 1. The van der Waals surface area contributed by atoms with Gasteiger partial charge in [0.15, 0.2) is 0 Å². The van der Waals surface area contributed by atoms with Crippen LogP contribution in [0.25, 0.3) is 22.2 Å². The number of para-hydroxylation sites is 1. The summed E-state index contributed by atoms with van der Waals surface area (Å²) < 4.78 is 43.8. The number of aromatic carboxylic acids is 1. The second kappa shape index (κ2) is 14.0. The number of aromatic nitrogens is 1. The standard InChI is InChI=1S/C31H29F3N2O3.C2H6.H2S/c1-19-11-13-20(14-12-19)27-18-22-9-5-6-10-26(22)36(27)28(21-7-3-2-4-8-21)29(37)35-25-16-15-23(30(38)39)17-24(25)31(32,33)34;1-2;/h5-6,9-18,21,28H,2-4,7-8H2,1H3,(H,35,37)(H,38,39);1-2H3;1H2/t28-;;/m0../s1. The minimum Gasteiger partial charge on any atom is -0.478 e. The zero-order valence-electron chi connectivity index (χ0n) is 24.0. The van der Waals surface area contributed by atoms with Crippen molar-refractivity contribution in [1.82, 2.24) is 4.57 Å². The molecule has 1 aromatic heterocycles. The summed E-state index contributed by atoms with van der Waals surface area (Å²) in [5.74, 6) is -2.10. The Morgan fingerprint density at radius 3 is 2.19 bits per heavy atom. The maximum absolute atomic E-state index is 14.1. The molecule has 1 atom stereocenters. The lowest BCUT2D eigenvalue weighted by atomic mass is 9.83. The van der Waals surface area contributed by atoms with Gasteiger partial charge in [-0.2, -0.15) is 26.7 Å². The van der Waals surface area contributed by atoms with Crippen LogP contribution < -0.4 is 5.32 Å². The molecule has 2 N–H and O–H groups in total. The van der Waals surface area contributed by atoms with E-state index in [0.29, 0.717) is 6.07 Å². The van der Waals surface area contributed by atoms with E-state index in [9.17, 15) is 27.9 Å². The summed E-state index contributed by atoms with van der Waals surface area (Å²) in [6, 6.07) is 19.6. The second-order valence-corrected chi connectivity index (χ2v) is 10.2. The SMILES string of the molecule is CC.Cc1ccc(-c2cc3ccccc3n2[C@H](C(=O)Nc2ccc(C(=O)O)cc2C(F)(F)F)C2CCCCC2)cc1.S. The van der Waals surface area contributed by atoms with Gasteiger partial charge in [-0.05, 0) is 61.6 Å². The summed E-state index contributed by atoms with van der Waals surface area (Å²) >= 11 is 0. The number of hydrogen-bond donors (Lipinski definition) is 2. The molecule has 1 aliphatic carbocycles. The number of benzene rings is 3. The van der Waals surface area contributed by atoms with Crippen molar-refractivity contribution in [3.63, 3.8) is 0 Å². The van der Waals surface area contributed by atoms with E-state index >= 15 is 0 Å². The van der Waals surface area contributed by atoms with Crippen LogP contribution in [-0.4, -0.2) is 21.6 Å². The molecule has 0 radical (unpaired) electrons. The molecule has 1 aliphatic rings. The van der Waals surface area contributed by atoms with Crippen LogP contribution in [0.15, 0.2) is 72.8 Å². The summed E-state index contributed by atoms with van der Waals surface area (Å²) in [6.07, 6.45) is -0.355. The molecule has 0 spiro atoms. The molecule has 0 unspecified atom stereocenters. The third-order valence-corrected chi connectivity index (χ3v) is 7.57. The van der Waals surface area contributed by atoms with Crippen molar-refractivity contribution in [1.29, 1.82) is 0 Å². The highest BCUT2D eigenvalue weighted by molar-refractivity contribution is 7.59. The summed E-state index contributed by atoms with van der Waals surface area (Å²) in [5.41, 5.74) is 1.51. The summed E-state index contributed by atoms with van der Waals surface area (Å²) in [6.45, 7) is 5.99. The number of fused-ring (bicyclic) bond motifs is 1. The third-order valence-electron chi connectivity index (χ3n) is 7.57. The fraction of sp³-hybridized carbons (Fsp3) is 0.333. The Kier molecular flexibility index (Phi) is 10.9. The zero-order valence-corrected chi connectivity index (χ0v) is 25.0. The second-order valence-electron chi connectivity index (χ2n) is 10.2. The summed E-state index contributed by atoms with van der Waals surface area (Å²) in [5, 5.41) is 12.7. The van der Waals surface area contributed by atoms with E-state index < -0.39 is 40.9 Å². The van der Waals surface area contributed by atoms with Crippen LogP contribution in [-0.2, 0) is 11.0 Å². The molecule has 9 heteroatoms. The van der Waals surface area contributed by atoms with Gasteiger partial charge in [-0.1, -0.05) is 81.1 Å². The number of nitrogens with one attached hydrogen (secondary N) is 1. The molecule has 42 heavy (non-hydrogen) atoms. The normalized spacial score (nSPS) is 14.3. The van der Waals surface area contributed by atoms with E-state index in [1.54, 1.807) is 0 Å². The topological polar surface area (TPSA) is 71.3 Å². The first kappa shape index (κ1) is 32.8. The quantitative estimate of drug-likeness (QED) is 0.232. The molecule has 224 valence electrons. The van der Waals surface area contributed by atoms with Crippen molar-refractivity contribution in [2.24, 2.45) is 5.92 Å². The van der Waals surface area contributed by atoms with Crippen molar-refractivity contribution in [3.8, 4) is 11.3 Å². The van der Waals surface area contributed by atoms with Gasteiger partial charge in [-0.25, -0.2) is 4.79 Å². The smallest absolute Gasteiger partial charge is 0.418 e. The van der Waals surface area contributed by atoms with Crippen LogP contribution >= 0.6 is 13.5 Å². The van der Waals surface area contributed by atoms with Gasteiger partial charge in [0, 0.05) is 16.6 Å². The molecule has 5 nitrogen and oxygen atoms in total. The Labute approximate surface area is 251 Å². The Bertz CT molecular complexity index is 1520. The first-order valence-corrected chi connectivity index (χ1v) is 14.1. The fourth-order valence-corrected chi connectivity index (χ4v) is 5.64. The maximum atomic E-state index is 14.1. The van der Waals surface area contributed by atoms with E-state index in [1.165, 1.54) is 0 Å². The number of halogens is 3. The van der Waals surface area contributed by atoms with Gasteiger partial charge in [0.05, 0.1) is 16.8 Å². The van der Waals surface area contributed by atoms with Crippen molar-refractivity contribution in [3.05, 3.63) is 89.5 Å². The maximum Gasteiger partial charge on any atom is 0.418 e. The Balaban J connectivity index is 0.00000158.